The van der Waals surface area contributed by atoms with Gasteiger partial charge in [0.15, 0.2) is 0 Å². The summed E-state index contributed by atoms with van der Waals surface area (Å²) in [5.74, 6) is 5.62. The normalized spacial score (nSPS) is 16.9. The molecule has 1 amide bonds. The first-order valence-electron chi connectivity index (χ1n) is 6.84. The van der Waals surface area contributed by atoms with Crippen molar-refractivity contribution in [2.75, 3.05) is 12.9 Å². The van der Waals surface area contributed by atoms with Crippen molar-refractivity contribution in [3.63, 3.8) is 0 Å². The molecule has 0 spiro atoms. The number of ether oxygens (including phenoxy) is 1. The maximum Gasteiger partial charge on any atom is 0.306 e. The lowest BCUT2D eigenvalue weighted by Gasteiger charge is -2.19. The molecule has 1 aromatic carbocycles. The van der Waals surface area contributed by atoms with E-state index in [1.54, 1.807) is 0 Å². The van der Waals surface area contributed by atoms with E-state index in [9.17, 15) is 9.59 Å². The van der Waals surface area contributed by atoms with Crippen LogP contribution in [-0.4, -0.2) is 24.7 Å². The summed E-state index contributed by atoms with van der Waals surface area (Å²) in [7, 11) is 1.40. The lowest BCUT2D eigenvalue weighted by molar-refractivity contribution is -0.141. The molecular weight excluding hydrogens is 288 g/mol. The first-order valence-corrected chi connectivity index (χ1v) is 7.89. The third-order valence-corrected chi connectivity index (χ3v) is 5.34. The Morgan fingerprint density at radius 1 is 1.38 bits per heavy atom. The Hall–Kier alpha value is -1.53. The molecule has 1 atom stereocenters. The predicted octanol–water partition coefficient (Wildman–Crippen LogP) is 1.79. The number of nitrogens with one attached hydrogen (secondary N) is 1. The van der Waals surface area contributed by atoms with Crippen molar-refractivity contribution in [1.82, 2.24) is 5.43 Å². The number of hydrazine groups is 1. The summed E-state index contributed by atoms with van der Waals surface area (Å²) in [5, 5.41) is -0.355. The molecule has 1 aliphatic rings. The lowest BCUT2D eigenvalue weighted by Crippen LogP contribution is -2.34. The molecular formula is C15H20N2O3S. The minimum atomic E-state index is -0.355. The van der Waals surface area contributed by atoms with Crippen molar-refractivity contribution >= 4 is 23.6 Å². The van der Waals surface area contributed by atoms with Gasteiger partial charge in [0.05, 0.1) is 13.5 Å². The summed E-state index contributed by atoms with van der Waals surface area (Å²) in [6.07, 6.45) is 2.42. The van der Waals surface area contributed by atoms with Crippen molar-refractivity contribution in [2.45, 2.75) is 24.5 Å². The zero-order valence-electron chi connectivity index (χ0n) is 12.0. The van der Waals surface area contributed by atoms with Crippen molar-refractivity contribution < 1.29 is 14.3 Å². The number of hydrogen-bond donors (Lipinski definition) is 2. The average molecular weight is 308 g/mol. The summed E-state index contributed by atoms with van der Waals surface area (Å²) < 4.78 is 4.74. The van der Waals surface area contributed by atoms with Gasteiger partial charge in [0.25, 0.3) is 5.91 Å². The van der Waals surface area contributed by atoms with Gasteiger partial charge in [0, 0.05) is 5.75 Å². The molecule has 0 heterocycles. The van der Waals surface area contributed by atoms with Crippen LogP contribution in [0.2, 0.25) is 0 Å². The largest absolute Gasteiger partial charge is 0.469 e. The Morgan fingerprint density at radius 2 is 2.05 bits per heavy atom. The Bertz CT molecular complexity index is 503. The molecule has 1 aliphatic carbocycles. The average Bonchev–Trinajstić information content (AvgIpc) is 3.27. The number of benzene rings is 1. The number of thioether (sulfide) groups is 1. The van der Waals surface area contributed by atoms with Gasteiger partial charge >= 0.3 is 5.97 Å². The minimum absolute atomic E-state index is 0.0142. The zero-order valence-corrected chi connectivity index (χ0v) is 12.8. The van der Waals surface area contributed by atoms with E-state index in [-0.39, 0.29) is 22.5 Å². The van der Waals surface area contributed by atoms with Crippen LogP contribution in [0.4, 0.5) is 0 Å². The van der Waals surface area contributed by atoms with Crippen LogP contribution in [0, 0.1) is 5.41 Å². The summed E-state index contributed by atoms with van der Waals surface area (Å²) in [6.45, 7) is 0. The summed E-state index contributed by atoms with van der Waals surface area (Å²) in [6, 6.07) is 9.52. The maximum absolute atomic E-state index is 12.0. The molecule has 5 nitrogen and oxygen atoms in total. The molecule has 0 aromatic heterocycles. The van der Waals surface area contributed by atoms with Crippen molar-refractivity contribution in [2.24, 2.45) is 11.3 Å². The monoisotopic (exact) mass is 308 g/mol. The highest BCUT2D eigenvalue weighted by Gasteiger charge is 2.45. The second-order valence-electron chi connectivity index (χ2n) is 5.36. The number of carbonyl (C=O) groups excluding carboxylic acids is 2. The highest BCUT2D eigenvalue weighted by atomic mass is 32.2. The first kappa shape index (κ1) is 15.9. The Morgan fingerprint density at radius 3 is 2.57 bits per heavy atom. The standard InChI is InChI=1S/C15H20N2O3S/c1-20-12(18)9-15(7-8-15)10-21-13(14(19)17-16)11-5-3-2-4-6-11/h2-6,13H,7-10,16H2,1H3,(H,17,19). The molecule has 3 N–H and O–H groups in total. The topological polar surface area (TPSA) is 81.4 Å². The fourth-order valence-corrected chi connectivity index (χ4v) is 3.69. The molecule has 21 heavy (non-hydrogen) atoms. The van der Waals surface area contributed by atoms with Crippen LogP contribution >= 0.6 is 11.8 Å². The lowest BCUT2D eigenvalue weighted by atomic mass is 10.1. The molecule has 1 unspecified atom stereocenters. The van der Waals surface area contributed by atoms with Crippen LogP contribution < -0.4 is 11.3 Å². The molecule has 0 radical (unpaired) electrons. The highest BCUT2D eigenvalue weighted by Crippen LogP contribution is 2.53. The van der Waals surface area contributed by atoms with Gasteiger partial charge < -0.3 is 4.74 Å². The quantitative estimate of drug-likeness (QED) is 0.347. The molecule has 1 fully saturated rings. The third kappa shape index (κ3) is 4.22. The second-order valence-corrected chi connectivity index (χ2v) is 6.46. The van der Waals surface area contributed by atoms with Gasteiger partial charge in [0.1, 0.15) is 5.25 Å². The molecule has 1 aromatic rings. The van der Waals surface area contributed by atoms with Gasteiger partial charge in [-0.1, -0.05) is 30.3 Å². The van der Waals surface area contributed by atoms with E-state index in [4.69, 9.17) is 10.6 Å². The Labute approximate surface area is 128 Å². The van der Waals surface area contributed by atoms with Crippen LogP contribution in [0.15, 0.2) is 30.3 Å². The van der Waals surface area contributed by atoms with E-state index >= 15 is 0 Å². The molecule has 1 saturated carbocycles. The fraction of sp³-hybridized carbons (Fsp3) is 0.467. The van der Waals surface area contributed by atoms with Gasteiger partial charge in [-0.3, -0.25) is 15.0 Å². The number of methoxy groups -OCH3 is 1. The second kappa shape index (κ2) is 6.95. The van der Waals surface area contributed by atoms with Gasteiger partial charge in [-0.05, 0) is 23.8 Å². The van der Waals surface area contributed by atoms with Gasteiger partial charge in [-0.15, -0.1) is 11.8 Å². The number of nitrogens with two attached hydrogens (primary N) is 1. The van der Waals surface area contributed by atoms with Crippen LogP contribution in [0.3, 0.4) is 0 Å². The molecule has 114 valence electrons. The minimum Gasteiger partial charge on any atom is -0.469 e. The summed E-state index contributed by atoms with van der Waals surface area (Å²) in [4.78, 5) is 23.4. The Balaban J connectivity index is 2.00. The van der Waals surface area contributed by atoms with E-state index in [0.717, 1.165) is 24.2 Å². The summed E-state index contributed by atoms with van der Waals surface area (Å²) in [5.41, 5.74) is 3.12. The van der Waals surface area contributed by atoms with E-state index in [2.05, 4.69) is 5.43 Å². The first-order chi connectivity index (χ1) is 10.1. The highest BCUT2D eigenvalue weighted by molar-refractivity contribution is 8.00. The van der Waals surface area contributed by atoms with Crippen LogP contribution in [0.5, 0.6) is 0 Å². The van der Waals surface area contributed by atoms with E-state index in [1.165, 1.54) is 18.9 Å². The van der Waals surface area contributed by atoms with E-state index in [0.29, 0.717) is 6.42 Å². The van der Waals surface area contributed by atoms with Gasteiger partial charge in [-0.2, -0.15) is 0 Å². The van der Waals surface area contributed by atoms with E-state index < -0.39 is 0 Å². The van der Waals surface area contributed by atoms with Crippen molar-refractivity contribution in [1.29, 1.82) is 0 Å². The van der Waals surface area contributed by atoms with E-state index in [1.807, 2.05) is 30.3 Å². The van der Waals surface area contributed by atoms with Crippen LogP contribution in [-0.2, 0) is 14.3 Å². The molecule has 6 heteroatoms. The molecule has 0 saturated heterocycles. The summed E-state index contributed by atoms with van der Waals surface area (Å²) >= 11 is 1.53. The molecule has 2 rings (SSSR count). The predicted molar refractivity (Wildman–Crippen MR) is 82.3 cm³/mol. The molecule has 0 aliphatic heterocycles. The van der Waals surface area contributed by atoms with Gasteiger partial charge in [0.2, 0.25) is 0 Å². The smallest absolute Gasteiger partial charge is 0.306 e. The fourth-order valence-electron chi connectivity index (χ4n) is 2.21. The van der Waals surface area contributed by atoms with Crippen LogP contribution in [0.25, 0.3) is 0 Å². The number of carbonyl (C=O) groups is 2. The zero-order chi connectivity index (χ0) is 15.3. The van der Waals surface area contributed by atoms with Crippen LogP contribution in [0.1, 0.15) is 30.1 Å². The molecule has 0 bridgehead atoms. The Kier molecular flexibility index (Phi) is 5.25. The van der Waals surface area contributed by atoms with Crippen molar-refractivity contribution in [3.8, 4) is 0 Å². The number of rotatable bonds is 7. The number of hydrogen-bond acceptors (Lipinski definition) is 5. The van der Waals surface area contributed by atoms with Crippen molar-refractivity contribution in [3.05, 3.63) is 35.9 Å². The third-order valence-electron chi connectivity index (χ3n) is 3.74. The number of esters is 1. The SMILES string of the molecule is COC(=O)CC1(CSC(C(=O)NN)c2ccccc2)CC1. The maximum atomic E-state index is 12.0. The van der Waals surface area contributed by atoms with Gasteiger partial charge in [-0.25, -0.2) is 5.84 Å². The number of amides is 1.